The van der Waals surface area contributed by atoms with Crippen molar-refractivity contribution in [2.75, 3.05) is 6.61 Å². The van der Waals surface area contributed by atoms with E-state index in [4.69, 9.17) is 4.74 Å². The molecule has 7 nitrogen and oxygen atoms in total. The first kappa shape index (κ1) is 24.8. The monoisotopic (exact) mass is 545 g/mol. The summed E-state index contributed by atoms with van der Waals surface area (Å²) in [6.45, 7) is 2.24. The molecule has 3 heterocycles. The summed E-state index contributed by atoms with van der Waals surface area (Å²) in [5.41, 5.74) is 6.82. The molecule has 38 heavy (non-hydrogen) atoms. The molecule has 1 fully saturated rings. The smallest absolute Gasteiger partial charge is 0.265 e. The third kappa shape index (κ3) is 4.83. The Hall–Kier alpha value is -3.56. The van der Waals surface area contributed by atoms with E-state index in [1.807, 2.05) is 48.2 Å². The highest BCUT2D eigenvalue weighted by molar-refractivity contribution is 7.91. The molecule has 1 aliphatic heterocycles. The number of thiazole rings is 1. The minimum absolute atomic E-state index is 0.308. The summed E-state index contributed by atoms with van der Waals surface area (Å²) in [4.78, 5) is 22.9. The van der Waals surface area contributed by atoms with E-state index in [9.17, 15) is 13.2 Å². The van der Waals surface area contributed by atoms with Gasteiger partial charge in [-0.05, 0) is 67.5 Å². The molecule has 2 aromatic heterocycles. The van der Waals surface area contributed by atoms with E-state index in [0.717, 1.165) is 45.9 Å². The van der Waals surface area contributed by atoms with Crippen LogP contribution in [0.2, 0.25) is 0 Å². The van der Waals surface area contributed by atoms with Crippen molar-refractivity contribution in [1.29, 1.82) is 0 Å². The lowest BCUT2D eigenvalue weighted by atomic mass is 9.90. The van der Waals surface area contributed by atoms with Crippen LogP contribution in [-0.2, 0) is 22.9 Å². The van der Waals surface area contributed by atoms with E-state index >= 15 is 0 Å². The number of nitrogens with one attached hydrogen (secondary N) is 1. The number of pyridine rings is 1. The van der Waals surface area contributed by atoms with Gasteiger partial charge in [-0.25, -0.2) is 13.1 Å². The van der Waals surface area contributed by atoms with E-state index in [2.05, 4.69) is 26.8 Å². The second-order valence-electron chi connectivity index (χ2n) is 10.2. The Labute approximate surface area is 226 Å². The standard InChI is InChI=1S/C29H27N3O4S2/c1-29(10-11-29)38(34,35)32-28(33)25-5-3-2-4-24(25)20-6-7-21-12-19(17-36-26(21)14-20)13-23-9-8-22(15-31-23)27-16-30-18-37-27/h2-9,14-16,18-19H,10-13,17H2,1H3,(H,32,33)/t19-/m0/s1. The first-order valence-corrected chi connectivity index (χ1v) is 14.9. The van der Waals surface area contributed by atoms with Gasteiger partial charge in [0, 0.05) is 35.1 Å². The van der Waals surface area contributed by atoms with E-state index in [-0.39, 0.29) is 0 Å². The molecule has 9 heteroatoms. The third-order valence-electron chi connectivity index (χ3n) is 7.40. The Balaban J connectivity index is 1.17. The zero-order chi connectivity index (χ0) is 26.3. The van der Waals surface area contributed by atoms with Crippen molar-refractivity contribution in [3.05, 3.63) is 89.3 Å². The van der Waals surface area contributed by atoms with Crippen LogP contribution in [0.25, 0.3) is 21.6 Å². The summed E-state index contributed by atoms with van der Waals surface area (Å²) in [5, 5.41) is 0. The summed E-state index contributed by atoms with van der Waals surface area (Å²) in [6.07, 6.45) is 6.57. The Morgan fingerprint density at radius 1 is 1.11 bits per heavy atom. The first-order valence-electron chi connectivity index (χ1n) is 12.6. The summed E-state index contributed by atoms with van der Waals surface area (Å²) < 4.78 is 32.8. The van der Waals surface area contributed by atoms with Crippen LogP contribution in [0.4, 0.5) is 0 Å². The number of rotatable bonds is 7. The third-order valence-corrected chi connectivity index (χ3v) is 10.4. The maximum Gasteiger partial charge on any atom is 0.265 e. The second kappa shape index (κ2) is 9.63. The van der Waals surface area contributed by atoms with E-state index in [0.29, 0.717) is 36.5 Å². The molecule has 0 radical (unpaired) electrons. The van der Waals surface area contributed by atoms with Gasteiger partial charge in [-0.1, -0.05) is 36.4 Å². The number of sulfonamides is 1. The maximum atomic E-state index is 13.0. The molecule has 4 aromatic rings. The number of fused-ring (bicyclic) bond motifs is 1. The maximum absolute atomic E-state index is 13.0. The molecule has 194 valence electrons. The summed E-state index contributed by atoms with van der Waals surface area (Å²) in [5.74, 6) is 0.490. The van der Waals surface area contributed by atoms with Crippen LogP contribution in [0, 0.1) is 5.92 Å². The highest BCUT2D eigenvalue weighted by Gasteiger charge is 2.51. The van der Waals surface area contributed by atoms with Crippen LogP contribution in [0.5, 0.6) is 5.75 Å². The van der Waals surface area contributed by atoms with E-state index in [1.165, 1.54) is 0 Å². The largest absolute Gasteiger partial charge is 0.493 e. The lowest BCUT2D eigenvalue weighted by Gasteiger charge is -2.26. The van der Waals surface area contributed by atoms with Gasteiger partial charge in [0.05, 0.1) is 21.7 Å². The average Bonchev–Trinajstić information content (AvgIpc) is 3.46. The van der Waals surface area contributed by atoms with Crippen LogP contribution < -0.4 is 9.46 Å². The summed E-state index contributed by atoms with van der Waals surface area (Å²) in [7, 11) is -3.72. The quantitative estimate of drug-likeness (QED) is 0.339. The molecule has 0 bridgehead atoms. The van der Waals surface area contributed by atoms with Crippen molar-refractivity contribution in [3.63, 3.8) is 0 Å². The number of amides is 1. The summed E-state index contributed by atoms with van der Waals surface area (Å²) >= 11 is 1.60. The fourth-order valence-electron chi connectivity index (χ4n) is 4.76. The first-order chi connectivity index (χ1) is 18.3. The van der Waals surface area contributed by atoms with Gasteiger partial charge in [0.25, 0.3) is 5.91 Å². The fourth-order valence-corrected chi connectivity index (χ4v) is 6.61. The SMILES string of the molecule is CC1(S(=O)(=O)NC(=O)c2ccccc2-c2ccc3c(c2)OC[C@H](Cc2ccc(-c4cncs4)cn2)C3)CC1. The highest BCUT2D eigenvalue weighted by atomic mass is 32.2. The van der Waals surface area contributed by atoms with Crippen LogP contribution in [0.1, 0.15) is 41.4 Å². The number of aromatic nitrogens is 2. The van der Waals surface area contributed by atoms with Gasteiger partial charge in [-0.2, -0.15) is 0 Å². The van der Waals surface area contributed by atoms with Gasteiger partial charge in [-0.15, -0.1) is 11.3 Å². The van der Waals surface area contributed by atoms with Crippen molar-refractivity contribution >= 4 is 27.3 Å². The zero-order valence-electron chi connectivity index (χ0n) is 20.9. The average molecular weight is 546 g/mol. The molecular formula is C29H27N3O4S2. The molecule has 2 aromatic carbocycles. The minimum atomic E-state index is -3.72. The van der Waals surface area contributed by atoms with Crippen LogP contribution in [0.3, 0.4) is 0 Å². The number of hydrogen-bond acceptors (Lipinski definition) is 7. The number of hydrogen-bond donors (Lipinski definition) is 1. The van der Waals surface area contributed by atoms with Crippen molar-refractivity contribution in [3.8, 4) is 27.3 Å². The zero-order valence-corrected chi connectivity index (χ0v) is 22.5. The Morgan fingerprint density at radius 3 is 2.66 bits per heavy atom. The molecule has 1 aliphatic carbocycles. The minimum Gasteiger partial charge on any atom is -0.493 e. The molecule has 1 amide bonds. The van der Waals surface area contributed by atoms with Gasteiger partial charge in [-0.3, -0.25) is 14.8 Å². The second-order valence-corrected chi connectivity index (χ2v) is 13.3. The molecule has 0 saturated heterocycles. The van der Waals surface area contributed by atoms with Crippen LogP contribution in [0.15, 0.2) is 72.5 Å². The van der Waals surface area contributed by atoms with Crippen molar-refractivity contribution in [2.24, 2.45) is 5.92 Å². The topological polar surface area (TPSA) is 98.2 Å². The fraction of sp³-hybridized carbons (Fsp3) is 0.276. The van der Waals surface area contributed by atoms with Crippen LogP contribution >= 0.6 is 11.3 Å². The molecule has 2 aliphatic rings. The predicted octanol–water partition coefficient (Wildman–Crippen LogP) is 5.28. The van der Waals surface area contributed by atoms with Crippen molar-refractivity contribution < 1.29 is 17.9 Å². The Bertz CT molecular complexity index is 1600. The van der Waals surface area contributed by atoms with Crippen LogP contribution in [-0.4, -0.2) is 35.6 Å². The lowest BCUT2D eigenvalue weighted by Crippen LogP contribution is -2.38. The number of carbonyl (C=O) groups is 1. The molecule has 1 N–H and O–H groups in total. The molecule has 0 unspecified atom stereocenters. The normalized spacial score (nSPS) is 17.8. The van der Waals surface area contributed by atoms with Crippen molar-refractivity contribution in [1.82, 2.24) is 14.7 Å². The molecule has 6 rings (SSSR count). The number of benzene rings is 2. The summed E-state index contributed by atoms with van der Waals surface area (Å²) in [6, 6.07) is 17.2. The molecule has 1 atom stereocenters. The van der Waals surface area contributed by atoms with Crippen molar-refractivity contribution in [2.45, 2.75) is 37.4 Å². The predicted molar refractivity (Wildman–Crippen MR) is 148 cm³/mol. The van der Waals surface area contributed by atoms with Gasteiger partial charge < -0.3 is 4.74 Å². The van der Waals surface area contributed by atoms with E-state index in [1.54, 1.807) is 30.4 Å². The van der Waals surface area contributed by atoms with Gasteiger partial charge >= 0.3 is 0 Å². The Morgan fingerprint density at radius 2 is 1.92 bits per heavy atom. The van der Waals surface area contributed by atoms with Gasteiger partial charge in [0.2, 0.25) is 10.0 Å². The lowest BCUT2D eigenvalue weighted by molar-refractivity contribution is 0.0981. The number of ether oxygens (including phenoxy) is 1. The number of nitrogens with zero attached hydrogens (tertiary/aromatic N) is 2. The van der Waals surface area contributed by atoms with Gasteiger partial charge in [0.1, 0.15) is 5.75 Å². The highest BCUT2D eigenvalue weighted by Crippen LogP contribution is 2.42. The Kier molecular flexibility index (Phi) is 6.28. The number of carbonyl (C=O) groups excluding carboxylic acids is 1. The molecular weight excluding hydrogens is 518 g/mol. The molecule has 0 spiro atoms. The van der Waals surface area contributed by atoms with Gasteiger partial charge in [0.15, 0.2) is 0 Å². The molecule has 1 saturated carbocycles. The van der Waals surface area contributed by atoms with E-state index < -0.39 is 20.7 Å².